The van der Waals surface area contributed by atoms with E-state index in [0.29, 0.717) is 6.54 Å². The summed E-state index contributed by atoms with van der Waals surface area (Å²) in [5.74, 6) is 0. The third-order valence-corrected chi connectivity index (χ3v) is 2.47. The normalized spacial score (nSPS) is 12.9. The van der Waals surface area contributed by atoms with E-state index in [1.165, 1.54) is 16.7 Å². The fourth-order valence-corrected chi connectivity index (χ4v) is 1.42. The summed E-state index contributed by atoms with van der Waals surface area (Å²) in [5.41, 5.74) is 3.97. The molecule has 0 saturated carbocycles. The van der Waals surface area contributed by atoms with Crippen LogP contribution in [0.1, 0.15) is 23.6 Å². The maximum absolute atomic E-state index is 9.09. The van der Waals surface area contributed by atoms with Crippen LogP contribution in [0, 0.1) is 13.8 Å². The maximum atomic E-state index is 9.09. The highest BCUT2D eigenvalue weighted by molar-refractivity contribution is 5.32. The van der Waals surface area contributed by atoms with E-state index in [0.717, 1.165) is 6.54 Å². The van der Waals surface area contributed by atoms with Crippen LogP contribution < -0.4 is 5.32 Å². The summed E-state index contributed by atoms with van der Waals surface area (Å²) >= 11 is 0. The summed E-state index contributed by atoms with van der Waals surface area (Å²) in [6.07, 6.45) is -0.278. The Labute approximate surface area is 86.0 Å². The van der Waals surface area contributed by atoms with Crippen molar-refractivity contribution in [1.82, 2.24) is 5.32 Å². The second kappa shape index (κ2) is 5.13. The molecule has 1 atom stereocenters. The Hall–Kier alpha value is -0.860. The van der Waals surface area contributed by atoms with E-state index in [1.54, 1.807) is 6.92 Å². The van der Waals surface area contributed by atoms with E-state index in [-0.39, 0.29) is 6.10 Å². The van der Waals surface area contributed by atoms with Gasteiger partial charge in [0.2, 0.25) is 0 Å². The molecule has 1 aromatic carbocycles. The summed E-state index contributed by atoms with van der Waals surface area (Å²) in [6, 6.07) is 6.31. The quantitative estimate of drug-likeness (QED) is 0.764. The lowest BCUT2D eigenvalue weighted by Crippen LogP contribution is -2.24. The second-order valence-electron chi connectivity index (χ2n) is 3.84. The van der Waals surface area contributed by atoms with E-state index in [2.05, 4.69) is 37.4 Å². The predicted molar refractivity (Wildman–Crippen MR) is 59.3 cm³/mol. The summed E-state index contributed by atoms with van der Waals surface area (Å²) in [4.78, 5) is 0. The zero-order chi connectivity index (χ0) is 10.6. The molecule has 0 unspecified atom stereocenters. The van der Waals surface area contributed by atoms with Gasteiger partial charge in [-0.1, -0.05) is 18.2 Å². The first-order valence-electron chi connectivity index (χ1n) is 5.05. The number of aliphatic hydroxyl groups is 1. The molecule has 14 heavy (non-hydrogen) atoms. The molecule has 0 radical (unpaired) electrons. The molecule has 1 aromatic rings. The molecule has 0 aliphatic heterocycles. The summed E-state index contributed by atoms with van der Waals surface area (Å²) in [7, 11) is 0. The molecule has 2 heteroatoms. The van der Waals surface area contributed by atoms with Gasteiger partial charge in [0.1, 0.15) is 0 Å². The van der Waals surface area contributed by atoms with Gasteiger partial charge in [0, 0.05) is 13.1 Å². The summed E-state index contributed by atoms with van der Waals surface area (Å²) in [6.45, 7) is 7.52. The highest BCUT2D eigenvalue weighted by atomic mass is 16.3. The van der Waals surface area contributed by atoms with Crippen LogP contribution in [0.25, 0.3) is 0 Å². The lowest BCUT2D eigenvalue weighted by Gasteiger charge is -2.10. The van der Waals surface area contributed by atoms with Gasteiger partial charge in [-0.15, -0.1) is 0 Å². The van der Waals surface area contributed by atoms with Gasteiger partial charge in [0.05, 0.1) is 6.10 Å². The van der Waals surface area contributed by atoms with E-state index in [1.807, 2.05) is 0 Å². The van der Waals surface area contributed by atoms with Gasteiger partial charge < -0.3 is 10.4 Å². The number of hydrogen-bond acceptors (Lipinski definition) is 2. The van der Waals surface area contributed by atoms with Crippen LogP contribution in [0.5, 0.6) is 0 Å². The van der Waals surface area contributed by atoms with Crippen LogP contribution >= 0.6 is 0 Å². The van der Waals surface area contributed by atoms with Gasteiger partial charge in [-0.25, -0.2) is 0 Å². The molecule has 0 amide bonds. The molecule has 0 aliphatic rings. The fourth-order valence-electron chi connectivity index (χ4n) is 1.42. The van der Waals surface area contributed by atoms with E-state index < -0.39 is 0 Å². The van der Waals surface area contributed by atoms with Gasteiger partial charge >= 0.3 is 0 Å². The van der Waals surface area contributed by atoms with Gasteiger partial charge in [-0.3, -0.25) is 0 Å². The zero-order valence-electron chi connectivity index (χ0n) is 9.17. The first kappa shape index (κ1) is 11.2. The molecule has 0 saturated heterocycles. The Balaban J connectivity index is 2.54. The Kier molecular flexibility index (Phi) is 4.11. The second-order valence-corrected chi connectivity index (χ2v) is 3.84. The highest BCUT2D eigenvalue weighted by Crippen LogP contribution is 2.11. The molecule has 1 rings (SSSR count). The standard InChI is InChI=1S/C12H19NO/c1-9-5-4-6-12(11(9)3)8-13-7-10(2)14/h4-6,10,13-14H,7-8H2,1-3H3/t10-/m1/s1. The van der Waals surface area contributed by atoms with Crippen LogP contribution in [0.15, 0.2) is 18.2 Å². The van der Waals surface area contributed by atoms with E-state index >= 15 is 0 Å². The molecule has 0 bridgehead atoms. The van der Waals surface area contributed by atoms with Crippen LogP contribution in [-0.2, 0) is 6.54 Å². The monoisotopic (exact) mass is 193 g/mol. The molecular weight excluding hydrogens is 174 g/mol. The average molecular weight is 193 g/mol. The maximum Gasteiger partial charge on any atom is 0.0636 e. The number of aryl methyl sites for hydroxylation is 1. The summed E-state index contributed by atoms with van der Waals surface area (Å²) < 4.78 is 0. The predicted octanol–water partition coefficient (Wildman–Crippen LogP) is 1.77. The average Bonchev–Trinajstić information content (AvgIpc) is 2.12. The van der Waals surface area contributed by atoms with Crippen LogP contribution in [0.2, 0.25) is 0 Å². The third-order valence-electron chi connectivity index (χ3n) is 2.47. The molecule has 2 N–H and O–H groups in total. The van der Waals surface area contributed by atoms with Crippen molar-refractivity contribution in [2.24, 2.45) is 0 Å². The van der Waals surface area contributed by atoms with Crippen molar-refractivity contribution in [3.05, 3.63) is 34.9 Å². The molecule has 0 spiro atoms. The minimum Gasteiger partial charge on any atom is -0.392 e. The van der Waals surface area contributed by atoms with Crippen LogP contribution in [0.4, 0.5) is 0 Å². The lowest BCUT2D eigenvalue weighted by molar-refractivity contribution is 0.191. The first-order valence-corrected chi connectivity index (χ1v) is 5.05. The fraction of sp³-hybridized carbons (Fsp3) is 0.500. The zero-order valence-corrected chi connectivity index (χ0v) is 9.17. The van der Waals surface area contributed by atoms with Crippen molar-refractivity contribution >= 4 is 0 Å². The van der Waals surface area contributed by atoms with Crippen molar-refractivity contribution < 1.29 is 5.11 Å². The number of nitrogens with one attached hydrogen (secondary N) is 1. The van der Waals surface area contributed by atoms with Crippen molar-refractivity contribution in [2.45, 2.75) is 33.4 Å². The smallest absolute Gasteiger partial charge is 0.0636 e. The molecule has 0 heterocycles. The van der Waals surface area contributed by atoms with Gasteiger partial charge in [0.25, 0.3) is 0 Å². The van der Waals surface area contributed by atoms with Gasteiger partial charge in [-0.05, 0) is 37.5 Å². The Bertz CT molecular complexity index is 294. The van der Waals surface area contributed by atoms with Gasteiger partial charge in [-0.2, -0.15) is 0 Å². The Morgan fingerprint density at radius 3 is 2.71 bits per heavy atom. The topological polar surface area (TPSA) is 32.3 Å². The molecule has 0 aliphatic carbocycles. The molecular formula is C12H19NO. The van der Waals surface area contributed by atoms with Crippen LogP contribution in [0.3, 0.4) is 0 Å². The third kappa shape index (κ3) is 3.13. The van der Waals surface area contributed by atoms with Crippen molar-refractivity contribution in [2.75, 3.05) is 6.54 Å². The number of rotatable bonds is 4. The molecule has 0 fully saturated rings. The van der Waals surface area contributed by atoms with Crippen molar-refractivity contribution in [1.29, 1.82) is 0 Å². The number of benzene rings is 1. The number of hydrogen-bond donors (Lipinski definition) is 2. The van der Waals surface area contributed by atoms with Crippen molar-refractivity contribution in [3.63, 3.8) is 0 Å². The molecule has 78 valence electrons. The first-order chi connectivity index (χ1) is 6.61. The molecule has 2 nitrogen and oxygen atoms in total. The SMILES string of the molecule is Cc1cccc(CNC[C@@H](C)O)c1C. The lowest BCUT2D eigenvalue weighted by atomic mass is 10.0. The molecule has 0 aromatic heterocycles. The van der Waals surface area contributed by atoms with E-state index in [4.69, 9.17) is 5.11 Å². The largest absolute Gasteiger partial charge is 0.392 e. The summed E-state index contributed by atoms with van der Waals surface area (Å²) in [5, 5.41) is 12.3. The van der Waals surface area contributed by atoms with E-state index in [9.17, 15) is 0 Å². The van der Waals surface area contributed by atoms with Crippen molar-refractivity contribution in [3.8, 4) is 0 Å². The minimum absolute atomic E-state index is 0.278. The van der Waals surface area contributed by atoms with Crippen LogP contribution in [-0.4, -0.2) is 17.8 Å². The highest BCUT2D eigenvalue weighted by Gasteiger charge is 2.00. The minimum atomic E-state index is -0.278. The Morgan fingerprint density at radius 2 is 2.07 bits per heavy atom. The Morgan fingerprint density at radius 1 is 1.36 bits per heavy atom. The number of aliphatic hydroxyl groups excluding tert-OH is 1. The van der Waals surface area contributed by atoms with Gasteiger partial charge in [0.15, 0.2) is 0 Å².